The third-order valence-corrected chi connectivity index (χ3v) is 5.98. The number of ether oxygens (including phenoxy) is 4. The van der Waals surface area contributed by atoms with Gasteiger partial charge in [0.2, 0.25) is 6.29 Å². The molecule has 6 N–H and O–H groups in total. The van der Waals surface area contributed by atoms with Crippen LogP contribution < -0.4 is 0 Å². The smallest absolute Gasteiger partial charge is 0.337 e. The van der Waals surface area contributed by atoms with E-state index in [1.807, 2.05) is 0 Å². The van der Waals surface area contributed by atoms with E-state index in [0.29, 0.717) is 6.42 Å². The Kier molecular flexibility index (Phi) is 9.43. The number of benzene rings is 1. The van der Waals surface area contributed by atoms with E-state index in [-0.39, 0.29) is 23.5 Å². The molecule has 1 aromatic carbocycles. The zero-order valence-corrected chi connectivity index (χ0v) is 19.5. The van der Waals surface area contributed by atoms with E-state index in [9.17, 15) is 40.2 Å². The topological polar surface area (TPSA) is 192 Å². The van der Waals surface area contributed by atoms with Crippen molar-refractivity contribution < 1.29 is 59.2 Å². The van der Waals surface area contributed by atoms with Crippen LogP contribution >= 0.6 is 0 Å². The number of carboxylic acid groups (broad SMARTS) is 1. The van der Waals surface area contributed by atoms with Crippen LogP contribution in [0.1, 0.15) is 18.9 Å². The van der Waals surface area contributed by atoms with Gasteiger partial charge in [0.1, 0.15) is 30.2 Å². The van der Waals surface area contributed by atoms with Gasteiger partial charge >= 0.3 is 11.9 Å². The Bertz CT molecular complexity index is 970. The average molecular weight is 510 g/mol. The fourth-order valence-electron chi connectivity index (χ4n) is 3.99. The van der Waals surface area contributed by atoms with Crippen LogP contribution in [0.15, 0.2) is 47.7 Å². The van der Waals surface area contributed by atoms with Gasteiger partial charge in [0.25, 0.3) is 0 Å². The second-order valence-electron chi connectivity index (χ2n) is 8.37. The number of aliphatic carboxylic acids is 1. The molecule has 7 unspecified atom stereocenters. The molecule has 1 saturated heterocycles. The van der Waals surface area contributed by atoms with Crippen molar-refractivity contribution in [2.75, 3.05) is 13.2 Å². The number of phenolic OH excluding ortho intramolecular Hbond substituents is 1. The maximum Gasteiger partial charge on any atom is 0.337 e. The summed E-state index contributed by atoms with van der Waals surface area (Å²) in [6.45, 7) is 0.918. The molecule has 2 heterocycles. The van der Waals surface area contributed by atoms with Crippen LogP contribution in [0.4, 0.5) is 0 Å². The van der Waals surface area contributed by atoms with E-state index in [2.05, 4.69) is 0 Å². The minimum absolute atomic E-state index is 0.00326. The van der Waals surface area contributed by atoms with Crippen molar-refractivity contribution in [2.24, 2.45) is 5.92 Å². The quantitative estimate of drug-likeness (QED) is 0.186. The van der Waals surface area contributed by atoms with Crippen LogP contribution in [-0.4, -0.2) is 92.8 Å². The number of hydrogen-bond donors (Lipinski definition) is 6. The normalized spacial score (nSPS) is 31.4. The number of carbonyl (C=O) groups is 2. The van der Waals surface area contributed by atoms with Gasteiger partial charge in [0.05, 0.1) is 31.5 Å². The van der Waals surface area contributed by atoms with Crippen molar-refractivity contribution >= 4 is 11.9 Å². The Hall–Kier alpha value is -3.00. The number of allylic oxidation sites excluding steroid dienone is 1. The number of esters is 1. The Balaban J connectivity index is 1.73. The zero-order valence-electron chi connectivity index (χ0n) is 19.5. The molecular weight excluding hydrogens is 480 g/mol. The Morgan fingerprint density at radius 3 is 2.39 bits per heavy atom. The van der Waals surface area contributed by atoms with Gasteiger partial charge in [-0.15, -0.1) is 0 Å². The number of phenols is 1. The van der Waals surface area contributed by atoms with E-state index in [1.165, 1.54) is 18.2 Å². The molecule has 0 spiro atoms. The van der Waals surface area contributed by atoms with Gasteiger partial charge in [0.15, 0.2) is 6.29 Å². The number of carboxylic acids is 1. The summed E-state index contributed by atoms with van der Waals surface area (Å²) >= 11 is 0. The molecule has 2 aliphatic rings. The highest BCUT2D eigenvalue weighted by molar-refractivity contribution is 5.90. The van der Waals surface area contributed by atoms with E-state index < -0.39 is 67.9 Å². The Morgan fingerprint density at radius 1 is 1.08 bits per heavy atom. The lowest BCUT2D eigenvalue weighted by Gasteiger charge is -2.41. The molecule has 0 saturated carbocycles. The lowest BCUT2D eigenvalue weighted by atomic mass is 9.86. The monoisotopic (exact) mass is 510 g/mol. The Morgan fingerprint density at radius 2 is 1.78 bits per heavy atom. The highest BCUT2D eigenvalue weighted by Crippen LogP contribution is 2.36. The highest BCUT2D eigenvalue weighted by Gasteiger charge is 2.46. The number of aliphatic hydroxyl groups excluding tert-OH is 4. The minimum atomic E-state index is -1.70. The lowest BCUT2D eigenvalue weighted by Crippen LogP contribution is -2.60. The van der Waals surface area contributed by atoms with Crippen LogP contribution in [0.5, 0.6) is 5.75 Å². The van der Waals surface area contributed by atoms with Gasteiger partial charge in [-0.3, -0.25) is 4.79 Å². The molecule has 12 heteroatoms. The first-order valence-corrected chi connectivity index (χ1v) is 11.3. The summed E-state index contributed by atoms with van der Waals surface area (Å²) in [5.74, 6) is -2.87. The molecule has 0 aromatic heterocycles. The first kappa shape index (κ1) is 27.6. The highest BCUT2D eigenvalue weighted by atomic mass is 16.8. The number of aliphatic hydroxyl groups is 4. The fraction of sp³-hybridized carbons (Fsp3) is 0.500. The first-order chi connectivity index (χ1) is 17.2. The lowest BCUT2D eigenvalue weighted by molar-refractivity contribution is -0.327. The van der Waals surface area contributed by atoms with Crippen molar-refractivity contribution in [1.29, 1.82) is 0 Å². The van der Waals surface area contributed by atoms with Crippen molar-refractivity contribution in [1.82, 2.24) is 0 Å². The molecule has 0 bridgehead atoms. The summed E-state index contributed by atoms with van der Waals surface area (Å²) in [4.78, 5) is 24.4. The van der Waals surface area contributed by atoms with Crippen LogP contribution in [0.2, 0.25) is 0 Å². The molecule has 7 atom stereocenters. The summed E-state index contributed by atoms with van der Waals surface area (Å²) in [5.41, 5.74) is 1.01. The van der Waals surface area contributed by atoms with Crippen molar-refractivity contribution in [3.63, 3.8) is 0 Å². The van der Waals surface area contributed by atoms with Gasteiger partial charge in [-0.2, -0.15) is 0 Å². The molecule has 2 aliphatic heterocycles. The van der Waals surface area contributed by atoms with Gasteiger partial charge in [-0.25, -0.2) is 4.79 Å². The minimum Gasteiger partial charge on any atom is -0.508 e. The number of aromatic hydroxyl groups is 1. The maximum absolute atomic E-state index is 12.8. The largest absolute Gasteiger partial charge is 0.508 e. The third kappa shape index (κ3) is 6.40. The van der Waals surface area contributed by atoms with E-state index in [1.54, 1.807) is 19.1 Å². The Labute approximate surface area is 206 Å². The molecular formula is C24H30O12. The number of carbonyl (C=O) groups excluding carboxylic acids is 1. The van der Waals surface area contributed by atoms with Crippen molar-refractivity contribution in [2.45, 2.75) is 56.8 Å². The van der Waals surface area contributed by atoms with E-state index >= 15 is 0 Å². The number of hydrogen-bond acceptors (Lipinski definition) is 11. The average Bonchev–Trinajstić information content (AvgIpc) is 2.85. The van der Waals surface area contributed by atoms with Crippen LogP contribution in [0.3, 0.4) is 0 Å². The fourth-order valence-corrected chi connectivity index (χ4v) is 3.99. The zero-order chi connectivity index (χ0) is 26.4. The van der Waals surface area contributed by atoms with Crippen LogP contribution in [0, 0.1) is 5.92 Å². The molecule has 0 radical (unpaired) electrons. The predicted octanol–water partition coefficient (Wildman–Crippen LogP) is -0.428. The van der Waals surface area contributed by atoms with Gasteiger partial charge in [0, 0.05) is 17.9 Å². The molecule has 1 aromatic rings. The summed E-state index contributed by atoms with van der Waals surface area (Å²) < 4.78 is 21.8. The van der Waals surface area contributed by atoms with Gasteiger partial charge < -0.3 is 49.6 Å². The third-order valence-electron chi connectivity index (χ3n) is 5.98. The van der Waals surface area contributed by atoms with Crippen molar-refractivity contribution in [3.8, 4) is 5.75 Å². The van der Waals surface area contributed by atoms with Crippen molar-refractivity contribution in [3.05, 3.63) is 53.3 Å². The number of rotatable bonds is 9. The molecule has 0 amide bonds. The summed E-state index contributed by atoms with van der Waals surface area (Å²) in [6.07, 6.45) is -6.60. The second kappa shape index (κ2) is 12.3. The van der Waals surface area contributed by atoms with Gasteiger partial charge in [-0.1, -0.05) is 18.2 Å². The summed E-state index contributed by atoms with van der Waals surface area (Å²) in [6, 6.07) is 6.37. The predicted molar refractivity (Wildman–Crippen MR) is 120 cm³/mol. The molecule has 198 valence electrons. The van der Waals surface area contributed by atoms with E-state index in [0.717, 1.165) is 11.8 Å². The first-order valence-electron chi connectivity index (χ1n) is 11.3. The van der Waals surface area contributed by atoms with Crippen LogP contribution in [-0.2, 0) is 35.0 Å². The molecule has 12 nitrogen and oxygen atoms in total. The molecule has 3 rings (SSSR count). The summed E-state index contributed by atoms with van der Waals surface area (Å²) in [7, 11) is 0. The maximum atomic E-state index is 12.8. The molecule has 1 fully saturated rings. The molecule has 0 aliphatic carbocycles. The van der Waals surface area contributed by atoms with E-state index in [4.69, 9.17) is 18.9 Å². The van der Waals surface area contributed by atoms with Crippen LogP contribution in [0.25, 0.3) is 0 Å². The molecule has 36 heavy (non-hydrogen) atoms. The SMILES string of the molecule is CC=C1C(OC2OC(CO)C(O)C(O)C2O)OC=C(C(=O)OCCc2ccc(O)cc2)C1CC(=O)O. The summed E-state index contributed by atoms with van der Waals surface area (Å²) in [5, 5.41) is 58.4. The van der Waals surface area contributed by atoms with Gasteiger partial charge in [-0.05, 0) is 24.6 Å². The standard InChI is InChI=1S/C24H30O12/c1-2-14-15(9-18(27)28)16(22(32)33-8-7-12-3-5-13(26)6-4-12)11-34-23(14)36-24-21(31)20(30)19(29)17(10-25)35-24/h2-6,11,15,17,19-21,23-26,29-31H,7-10H2,1H3,(H,27,28). The second-order valence-corrected chi connectivity index (χ2v) is 8.37.